The Morgan fingerprint density at radius 1 is 0.933 bits per heavy atom. The highest BCUT2D eigenvalue weighted by Gasteiger charge is 2.22. The molecule has 0 saturated carbocycles. The van der Waals surface area contributed by atoms with Gasteiger partial charge in [-0.1, -0.05) is 42.5 Å². The molecule has 0 saturated heterocycles. The number of anilines is 1. The minimum atomic E-state index is -3.81. The van der Waals surface area contributed by atoms with Crippen LogP contribution in [0.15, 0.2) is 89.8 Å². The van der Waals surface area contributed by atoms with Gasteiger partial charge < -0.3 is 9.84 Å². The quantitative estimate of drug-likeness (QED) is 0.580. The van der Waals surface area contributed by atoms with Gasteiger partial charge in [0.05, 0.1) is 17.7 Å². The third-order valence-corrected chi connectivity index (χ3v) is 6.39. The summed E-state index contributed by atoms with van der Waals surface area (Å²) < 4.78 is 32.3. The molecule has 0 fully saturated rings. The molecule has 154 valence electrons. The van der Waals surface area contributed by atoms with E-state index in [1.165, 1.54) is 30.6 Å². The molecule has 0 aliphatic heterocycles. The van der Waals surface area contributed by atoms with Gasteiger partial charge in [-0.05, 0) is 53.1 Å². The van der Waals surface area contributed by atoms with Gasteiger partial charge in [-0.2, -0.15) is 0 Å². The highest BCUT2D eigenvalue weighted by atomic mass is 32.2. The van der Waals surface area contributed by atoms with E-state index in [1.54, 1.807) is 48.5 Å². The van der Waals surface area contributed by atoms with E-state index in [0.29, 0.717) is 22.6 Å². The summed E-state index contributed by atoms with van der Waals surface area (Å²) in [6.45, 7) is 0. The number of rotatable bonds is 7. The Balaban J connectivity index is 2.02. The summed E-state index contributed by atoms with van der Waals surface area (Å²) in [5, 5.41) is 9.31. The molecule has 3 aromatic carbocycles. The Hall–Kier alpha value is -3.58. The number of carboxylic acid groups (broad SMARTS) is 1. The molecular weight excluding hydrogens is 402 g/mol. The molecule has 6 nitrogen and oxygen atoms in total. The number of methoxy groups -OCH3 is 1. The fourth-order valence-electron chi connectivity index (χ4n) is 2.99. The maximum atomic E-state index is 13.0. The average molecular weight is 423 g/mol. The molecule has 0 aromatic heterocycles. The Morgan fingerprint density at radius 3 is 2.17 bits per heavy atom. The Labute approximate surface area is 175 Å². The Bertz CT molecular complexity index is 1170. The fourth-order valence-corrected chi connectivity index (χ4v) is 4.18. The van der Waals surface area contributed by atoms with Crippen LogP contribution in [0.3, 0.4) is 0 Å². The molecule has 0 heterocycles. The number of carbonyl (C=O) groups is 1. The van der Waals surface area contributed by atoms with E-state index in [-0.39, 0.29) is 4.90 Å². The molecule has 0 unspecified atom stereocenters. The number of carboxylic acids is 1. The van der Waals surface area contributed by atoms with Gasteiger partial charge in [-0.3, -0.25) is 4.31 Å². The number of hydrogen-bond acceptors (Lipinski definition) is 4. The number of sulfonamides is 1. The summed E-state index contributed by atoms with van der Waals surface area (Å²) in [6, 6.07) is 22.0. The predicted octanol–water partition coefficient (Wildman–Crippen LogP) is 4.04. The van der Waals surface area contributed by atoms with E-state index in [9.17, 15) is 18.3 Å². The monoisotopic (exact) mass is 423 g/mol. The first-order valence-corrected chi connectivity index (χ1v) is 10.5. The van der Waals surface area contributed by atoms with Gasteiger partial charge in [0.1, 0.15) is 5.75 Å². The van der Waals surface area contributed by atoms with Crippen molar-refractivity contribution in [3.8, 4) is 5.75 Å². The number of hydrogen-bond donors (Lipinski definition) is 1. The van der Waals surface area contributed by atoms with Crippen molar-refractivity contribution in [3.05, 3.63) is 96.1 Å². The van der Waals surface area contributed by atoms with Crippen LogP contribution in [0.5, 0.6) is 5.75 Å². The number of nitrogens with zero attached hydrogens (tertiary/aromatic N) is 1. The first kappa shape index (κ1) is 21.1. The lowest BCUT2D eigenvalue weighted by Gasteiger charge is -2.21. The lowest BCUT2D eigenvalue weighted by molar-refractivity contribution is -0.131. The zero-order valence-electron chi connectivity index (χ0n) is 16.5. The van der Waals surface area contributed by atoms with Crippen LogP contribution >= 0.6 is 0 Å². The molecule has 0 aliphatic carbocycles. The molecule has 0 bridgehead atoms. The van der Waals surface area contributed by atoms with E-state index in [1.807, 2.05) is 18.2 Å². The number of benzene rings is 3. The molecule has 0 radical (unpaired) electrons. The molecule has 7 heteroatoms. The highest BCUT2D eigenvalue weighted by Crippen LogP contribution is 2.29. The van der Waals surface area contributed by atoms with Crippen molar-refractivity contribution in [1.29, 1.82) is 0 Å². The topological polar surface area (TPSA) is 83.9 Å². The van der Waals surface area contributed by atoms with Crippen LogP contribution in [0.2, 0.25) is 0 Å². The molecule has 3 aromatic rings. The van der Waals surface area contributed by atoms with Crippen LogP contribution < -0.4 is 9.04 Å². The summed E-state index contributed by atoms with van der Waals surface area (Å²) in [5.41, 5.74) is 2.21. The average Bonchev–Trinajstić information content (AvgIpc) is 2.77. The second-order valence-electron chi connectivity index (χ2n) is 6.46. The minimum Gasteiger partial charge on any atom is -0.497 e. The van der Waals surface area contributed by atoms with Gasteiger partial charge >= 0.3 is 5.97 Å². The van der Waals surface area contributed by atoms with E-state index < -0.39 is 16.0 Å². The normalized spacial score (nSPS) is 11.7. The van der Waals surface area contributed by atoms with Crippen molar-refractivity contribution in [2.45, 2.75) is 4.90 Å². The smallest absolute Gasteiger partial charge is 0.328 e. The summed E-state index contributed by atoms with van der Waals surface area (Å²) in [4.78, 5) is 11.5. The number of ether oxygens (including phenoxy) is 1. The van der Waals surface area contributed by atoms with Gasteiger partial charge in [0, 0.05) is 13.1 Å². The van der Waals surface area contributed by atoms with Crippen LogP contribution in [0.1, 0.15) is 11.1 Å². The first-order chi connectivity index (χ1) is 14.3. The molecule has 0 atom stereocenters. The molecule has 1 N–H and O–H groups in total. The van der Waals surface area contributed by atoms with Gasteiger partial charge in [-0.25, -0.2) is 13.2 Å². The fraction of sp³-hybridized carbons (Fsp3) is 0.0870. The third kappa shape index (κ3) is 4.52. The Kier molecular flexibility index (Phi) is 6.23. The van der Waals surface area contributed by atoms with E-state index in [4.69, 9.17) is 4.74 Å². The van der Waals surface area contributed by atoms with Gasteiger partial charge in [0.25, 0.3) is 10.0 Å². The first-order valence-electron chi connectivity index (χ1n) is 9.06. The zero-order valence-corrected chi connectivity index (χ0v) is 17.3. The molecule has 0 amide bonds. The standard InChI is InChI=1S/C23H21NO5S/c1-24(30(27,28)21-13-11-20(29-2)12-14-21)19-10-6-9-18(15-19)22(16-23(25)26)17-7-4-3-5-8-17/h3-16H,1-2H3,(H,25,26). The van der Waals surface area contributed by atoms with Crippen molar-refractivity contribution in [3.63, 3.8) is 0 Å². The zero-order chi connectivity index (χ0) is 21.7. The van der Waals surface area contributed by atoms with Crippen molar-refractivity contribution >= 4 is 27.3 Å². The van der Waals surface area contributed by atoms with Gasteiger partial charge in [0.2, 0.25) is 0 Å². The maximum Gasteiger partial charge on any atom is 0.328 e. The van der Waals surface area contributed by atoms with Crippen LogP contribution in [-0.4, -0.2) is 33.7 Å². The SMILES string of the molecule is COc1ccc(S(=O)(=O)N(C)c2cccc(C(=CC(=O)O)c3ccccc3)c2)cc1. The summed E-state index contributed by atoms with van der Waals surface area (Å²) in [6.07, 6.45) is 1.12. The van der Waals surface area contributed by atoms with Crippen molar-refractivity contribution in [2.75, 3.05) is 18.5 Å². The van der Waals surface area contributed by atoms with Gasteiger partial charge in [-0.15, -0.1) is 0 Å². The van der Waals surface area contributed by atoms with Crippen LogP contribution in [0.4, 0.5) is 5.69 Å². The van der Waals surface area contributed by atoms with E-state index in [2.05, 4.69) is 0 Å². The van der Waals surface area contributed by atoms with Crippen molar-refractivity contribution in [1.82, 2.24) is 0 Å². The molecule has 0 spiro atoms. The lowest BCUT2D eigenvalue weighted by Crippen LogP contribution is -2.26. The highest BCUT2D eigenvalue weighted by molar-refractivity contribution is 7.92. The van der Waals surface area contributed by atoms with E-state index >= 15 is 0 Å². The third-order valence-electron chi connectivity index (χ3n) is 4.59. The second-order valence-corrected chi connectivity index (χ2v) is 8.43. The summed E-state index contributed by atoms with van der Waals surface area (Å²) in [7, 11) is -0.835. The van der Waals surface area contributed by atoms with Gasteiger partial charge in [0.15, 0.2) is 0 Å². The summed E-state index contributed by atoms with van der Waals surface area (Å²) in [5.74, 6) is -0.525. The minimum absolute atomic E-state index is 0.126. The predicted molar refractivity (Wildman–Crippen MR) is 116 cm³/mol. The van der Waals surface area contributed by atoms with Crippen LogP contribution in [0.25, 0.3) is 5.57 Å². The molecular formula is C23H21NO5S. The summed E-state index contributed by atoms with van der Waals surface area (Å²) >= 11 is 0. The maximum absolute atomic E-state index is 13.0. The largest absolute Gasteiger partial charge is 0.497 e. The second kappa shape index (κ2) is 8.84. The van der Waals surface area contributed by atoms with E-state index in [0.717, 1.165) is 11.6 Å². The van der Waals surface area contributed by atoms with Crippen molar-refractivity contribution < 1.29 is 23.1 Å². The number of aliphatic carboxylic acids is 1. The Morgan fingerprint density at radius 2 is 1.57 bits per heavy atom. The van der Waals surface area contributed by atoms with Crippen LogP contribution in [0, 0.1) is 0 Å². The lowest BCUT2D eigenvalue weighted by atomic mass is 9.97. The van der Waals surface area contributed by atoms with Crippen LogP contribution in [-0.2, 0) is 14.8 Å². The van der Waals surface area contributed by atoms with Crippen molar-refractivity contribution in [2.24, 2.45) is 0 Å². The molecule has 0 aliphatic rings. The molecule has 3 rings (SSSR count). The molecule has 30 heavy (non-hydrogen) atoms.